The molecule has 20 heavy (non-hydrogen) atoms. The molecule has 0 aliphatic heterocycles. The van der Waals surface area contributed by atoms with Crippen LogP contribution in [0.2, 0.25) is 0 Å². The van der Waals surface area contributed by atoms with Crippen LogP contribution in [-0.2, 0) is 17.9 Å². The van der Waals surface area contributed by atoms with Gasteiger partial charge in [-0.3, -0.25) is 4.79 Å². The maximum atomic E-state index is 11.7. The normalized spacial score (nSPS) is 11.0. The summed E-state index contributed by atoms with van der Waals surface area (Å²) in [5.74, 6) is 1.10. The molecule has 0 saturated heterocycles. The van der Waals surface area contributed by atoms with Gasteiger partial charge in [-0.05, 0) is 17.4 Å². The molecule has 0 spiro atoms. The van der Waals surface area contributed by atoms with Crippen molar-refractivity contribution in [3.8, 4) is 0 Å². The van der Waals surface area contributed by atoms with Crippen molar-refractivity contribution >= 4 is 17.2 Å². The summed E-state index contributed by atoms with van der Waals surface area (Å²) < 4.78 is 1.61. The lowest BCUT2D eigenvalue weighted by Crippen LogP contribution is -2.24. The van der Waals surface area contributed by atoms with E-state index in [2.05, 4.69) is 39.7 Å². The van der Waals surface area contributed by atoms with E-state index in [9.17, 15) is 4.79 Å². The zero-order valence-electron chi connectivity index (χ0n) is 11.8. The van der Waals surface area contributed by atoms with Crippen LogP contribution >= 0.6 is 11.3 Å². The van der Waals surface area contributed by atoms with Gasteiger partial charge >= 0.3 is 0 Å². The molecule has 2 rings (SSSR count). The maximum absolute atomic E-state index is 11.7. The fraction of sp³-hybridized carbons (Fsp3) is 0.583. The van der Waals surface area contributed by atoms with Crippen molar-refractivity contribution in [2.24, 2.45) is 0 Å². The van der Waals surface area contributed by atoms with Gasteiger partial charge in [0.05, 0.1) is 23.8 Å². The molecule has 0 aromatic carbocycles. The number of tetrazole rings is 1. The van der Waals surface area contributed by atoms with E-state index >= 15 is 0 Å². The molecule has 0 saturated carbocycles. The summed E-state index contributed by atoms with van der Waals surface area (Å²) >= 11 is 1.63. The van der Waals surface area contributed by atoms with Crippen molar-refractivity contribution in [3.05, 3.63) is 21.9 Å². The van der Waals surface area contributed by atoms with E-state index in [1.807, 2.05) is 5.38 Å². The molecule has 2 heterocycles. The van der Waals surface area contributed by atoms with Gasteiger partial charge < -0.3 is 5.32 Å². The number of aromatic nitrogens is 5. The summed E-state index contributed by atoms with van der Waals surface area (Å²) in [5.41, 5.74) is 0.908. The summed E-state index contributed by atoms with van der Waals surface area (Å²) in [7, 11) is 0. The highest BCUT2D eigenvalue weighted by Gasteiger charge is 2.08. The SMILES string of the molecule is Cc1nnnn1CCC(=O)NCc1csc(C(C)C)n1. The quantitative estimate of drug-likeness (QED) is 0.867. The molecule has 108 valence electrons. The van der Waals surface area contributed by atoms with Crippen molar-refractivity contribution < 1.29 is 4.79 Å². The number of carbonyl (C=O) groups is 1. The van der Waals surface area contributed by atoms with E-state index in [0.29, 0.717) is 31.3 Å². The minimum absolute atomic E-state index is 0.0287. The first kappa shape index (κ1) is 14.6. The van der Waals surface area contributed by atoms with Gasteiger partial charge in [0.1, 0.15) is 5.82 Å². The lowest BCUT2D eigenvalue weighted by atomic mass is 10.2. The molecule has 0 aliphatic rings. The molecule has 2 aromatic rings. The second kappa shape index (κ2) is 6.56. The Kier molecular flexibility index (Phi) is 4.78. The Morgan fingerprint density at radius 1 is 1.50 bits per heavy atom. The minimum Gasteiger partial charge on any atom is -0.350 e. The molecule has 0 radical (unpaired) electrons. The van der Waals surface area contributed by atoms with Crippen LogP contribution in [0.5, 0.6) is 0 Å². The van der Waals surface area contributed by atoms with Crippen molar-refractivity contribution in [3.63, 3.8) is 0 Å². The molecule has 1 N–H and O–H groups in total. The van der Waals surface area contributed by atoms with Gasteiger partial charge in [-0.2, -0.15) is 0 Å². The smallest absolute Gasteiger partial charge is 0.222 e. The molecule has 0 atom stereocenters. The fourth-order valence-electron chi connectivity index (χ4n) is 1.61. The van der Waals surface area contributed by atoms with Crippen molar-refractivity contribution in [1.82, 2.24) is 30.5 Å². The summed E-state index contributed by atoms with van der Waals surface area (Å²) in [6.45, 7) is 6.97. The van der Waals surface area contributed by atoms with E-state index < -0.39 is 0 Å². The Bertz CT molecular complexity index is 576. The molecular weight excluding hydrogens is 276 g/mol. The first-order valence-electron chi connectivity index (χ1n) is 6.50. The second-order valence-electron chi connectivity index (χ2n) is 4.81. The first-order valence-corrected chi connectivity index (χ1v) is 7.38. The number of thiazole rings is 1. The van der Waals surface area contributed by atoms with Gasteiger partial charge in [0.15, 0.2) is 0 Å². The van der Waals surface area contributed by atoms with Crippen LogP contribution in [0, 0.1) is 6.92 Å². The predicted octanol–water partition coefficient (Wildman–Crippen LogP) is 1.27. The Balaban J connectivity index is 1.76. The number of nitrogens with one attached hydrogen (secondary N) is 1. The van der Waals surface area contributed by atoms with Gasteiger partial charge in [-0.15, -0.1) is 16.4 Å². The zero-order valence-corrected chi connectivity index (χ0v) is 12.6. The van der Waals surface area contributed by atoms with Gasteiger partial charge in [0.2, 0.25) is 5.91 Å². The summed E-state index contributed by atoms with van der Waals surface area (Å²) in [6.07, 6.45) is 0.354. The van der Waals surface area contributed by atoms with E-state index in [0.717, 1.165) is 10.7 Å². The number of hydrogen-bond acceptors (Lipinski definition) is 6. The molecule has 7 nitrogen and oxygen atoms in total. The summed E-state index contributed by atoms with van der Waals surface area (Å²) in [4.78, 5) is 16.2. The largest absolute Gasteiger partial charge is 0.350 e. The van der Waals surface area contributed by atoms with Gasteiger partial charge in [-0.25, -0.2) is 9.67 Å². The highest BCUT2D eigenvalue weighted by molar-refractivity contribution is 7.09. The number of aryl methyl sites for hydroxylation is 2. The van der Waals surface area contributed by atoms with Crippen LogP contribution in [0.3, 0.4) is 0 Å². The molecule has 2 aromatic heterocycles. The first-order chi connectivity index (χ1) is 9.56. The van der Waals surface area contributed by atoms with Crippen LogP contribution in [0.4, 0.5) is 0 Å². The van der Waals surface area contributed by atoms with E-state index in [1.54, 1.807) is 22.9 Å². The lowest BCUT2D eigenvalue weighted by molar-refractivity contribution is -0.121. The van der Waals surface area contributed by atoms with Gasteiger partial charge in [0.25, 0.3) is 0 Å². The monoisotopic (exact) mass is 294 g/mol. The molecule has 0 fully saturated rings. The van der Waals surface area contributed by atoms with E-state index in [4.69, 9.17) is 0 Å². The topological polar surface area (TPSA) is 85.6 Å². The summed E-state index contributed by atoms with van der Waals surface area (Å²) in [6, 6.07) is 0. The Hall–Kier alpha value is -1.83. The number of hydrogen-bond donors (Lipinski definition) is 1. The van der Waals surface area contributed by atoms with Crippen LogP contribution in [0.25, 0.3) is 0 Å². The Morgan fingerprint density at radius 2 is 2.30 bits per heavy atom. The van der Waals surface area contributed by atoms with E-state index in [1.165, 1.54) is 0 Å². The average molecular weight is 294 g/mol. The Labute approximate surface area is 121 Å². The van der Waals surface area contributed by atoms with Gasteiger partial charge in [-0.1, -0.05) is 13.8 Å². The summed E-state index contributed by atoms with van der Waals surface area (Å²) in [5, 5.41) is 17.0. The van der Waals surface area contributed by atoms with Crippen molar-refractivity contribution in [1.29, 1.82) is 0 Å². The lowest BCUT2D eigenvalue weighted by Gasteiger charge is -2.04. The van der Waals surface area contributed by atoms with Crippen LogP contribution in [0.15, 0.2) is 5.38 Å². The minimum atomic E-state index is -0.0287. The van der Waals surface area contributed by atoms with Crippen LogP contribution in [-0.4, -0.2) is 31.1 Å². The molecule has 8 heteroatoms. The Morgan fingerprint density at radius 3 is 2.90 bits per heavy atom. The van der Waals surface area contributed by atoms with Crippen LogP contribution < -0.4 is 5.32 Å². The van der Waals surface area contributed by atoms with Crippen molar-refractivity contribution in [2.45, 2.75) is 46.2 Å². The highest BCUT2D eigenvalue weighted by Crippen LogP contribution is 2.18. The number of nitrogens with zero attached hydrogens (tertiary/aromatic N) is 5. The molecule has 0 aliphatic carbocycles. The standard InChI is InChI=1S/C12H18N6OS/c1-8(2)12-14-10(7-20-12)6-13-11(19)4-5-18-9(3)15-16-17-18/h7-8H,4-6H2,1-3H3,(H,13,19). The maximum Gasteiger partial charge on any atom is 0.222 e. The predicted molar refractivity (Wildman–Crippen MR) is 75.2 cm³/mol. The molecule has 0 bridgehead atoms. The third kappa shape index (κ3) is 3.83. The molecule has 1 amide bonds. The second-order valence-corrected chi connectivity index (χ2v) is 5.70. The molecule has 0 unspecified atom stereocenters. The number of carbonyl (C=O) groups excluding carboxylic acids is 1. The fourth-order valence-corrected chi connectivity index (χ4v) is 2.44. The van der Waals surface area contributed by atoms with Crippen LogP contribution in [0.1, 0.15) is 42.7 Å². The van der Waals surface area contributed by atoms with Crippen molar-refractivity contribution in [2.75, 3.05) is 0 Å². The third-order valence-corrected chi connectivity index (χ3v) is 3.99. The highest BCUT2D eigenvalue weighted by atomic mass is 32.1. The average Bonchev–Trinajstić information content (AvgIpc) is 3.03. The number of rotatable bonds is 6. The van der Waals surface area contributed by atoms with Gasteiger partial charge in [0, 0.05) is 17.7 Å². The zero-order chi connectivity index (χ0) is 14.5. The molecular formula is C12H18N6OS. The van der Waals surface area contributed by atoms with E-state index in [-0.39, 0.29) is 5.91 Å². The third-order valence-electron chi connectivity index (χ3n) is 2.79. The number of amides is 1.